The Labute approximate surface area is 170 Å². The van der Waals surface area contributed by atoms with Crippen molar-refractivity contribution < 1.29 is 19.2 Å². The van der Waals surface area contributed by atoms with Gasteiger partial charge in [0, 0.05) is 23.3 Å². The van der Waals surface area contributed by atoms with Crippen molar-refractivity contribution in [2.24, 2.45) is 0 Å². The van der Waals surface area contributed by atoms with Gasteiger partial charge in [0.1, 0.15) is 5.75 Å². The average molecular weight is 405 g/mol. The maximum Gasteiger partial charge on any atom is 0.279 e. The fraction of sp³-hybridized carbons (Fsp3) is 0.333. The van der Waals surface area contributed by atoms with Crippen molar-refractivity contribution in [3.05, 3.63) is 59.1 Å². The number of methoxy groups -OCH3 is 1. The molecule has 0 aliphatic carbocycles. The molecule has 2 aromatic rings. The van der Waals surface area contributed by atoms with Gasteiger partial charge in [0.15, 0.2) is 13.1 Å². The van der Waals surface area contributed by atoms with Crippen LogP contribution in [0.5, 0.6) is 5.75 Å². The van der Waals surface area contributed by atoms with Crippen molar-refractivity contribution in [1.29, 1.82) is 0 Å². The minimum absolute atomic E-state index is 0.0759. The number of benzene rings is 2. The topological polar surface area (TPSA) is 71.9 Å². The predicted molar refractivity (Wildman–Crippen MR) is 111 cm³/mol. The molecule has 7 heteroatoms. The average Bonchev–Trinajstić information content (AvgIpc) is 2.67. The zero-order valence-electron chi connectivity index (χ0n) is 16.3. The van der Waals surface area contributed by atoms with Crippen LogP contribution < -0.4 is 20.3 Å². The molecule has 150 valence electrons. The van der Waals surface area contributed by atoms with Gasteiger partial charge in [0.25, 0.3) is 11.8 Å². The van der Waals surface area contributed by atoms with Crippen LogP contribution in [0.4, 0.5) is 5.69 Å². The predicted octanol–water partition coefficient (Wildman–Crippen LogP) is 1.55. The van der Waals surface area contributed by atoms with Crippen LogP contribution in [0.1, 0.15) is 12.5 Å². The normalized spacial score (nSPS) is 11.5. The SMILES string of the molecule is CC[NH+](CC(=O)NCCc1cccc(Cl)c1)CC(=O)Nc1cccc(OC)c1. The Kier molecular flexibility index (Phi) is 8.78. The monoisotopic (exact) mass is 404 g/mol. The van der Waals surface area contributed by atoms with E-state index in [0.717, 1.165) is 10.5 Å². The van der Waals surface area contributed by atoms with E-state index < -0.39 is 0 Å². The fourth-order valence-electron chi connectivity index (χ4n) is 2.77. The van der Waals surface area contributed by atoms with Crippen LogP contribution in [0.15, 0.2) is 48.5 Å². The largest absolute Gasteiger partial charge is 0.497 e. The first-order valence-corrected chi connectivity index (χ1v) is 9.66. The molecule has 2 amide bonds. The lowest BCUT2D eigenvalue weighted by molar-refractivity contribution is -0.881. The van der Waals surface area contributed by atoms with E-state index in [1.165, 1.54) is 0 Å². The minimum Gasteiger partial charge on any atom is -0.497 e. The molecular weight excluding hydrogens is 378 g/mol. The first kappa shape index (κ1) is 21.7. The van der Waals surface area contributed by atoms with Crippen molar-refractivity contribution in [2.45, 2.75) is 13.3 Å². The first-order valence-electron chi connectivity index (χ1n) is 9.28. The van der Waals surface area contributed by atoms with Gasteiger partial charge in [0.2, 0.25) is 0 Å². The number of anilines is 1. The van der Waals surface area contributed by atoms with Crippen molar-refractivity contribution >= 4 is 29.1 Å². The second kappa shape index (κ2) is 11.3. The summed E-state index contributed by atoms with van der Waals surface area (Å²) in [7, 11) is 1.58. The van der Waals surface area contributed by atoms with Gasteiger partial charge < -0.3 is 20.3 Å². The molecule has 0 aromatic heterocycles. The summed E-state index contributed by atoms with van der Waals surface area (Å²) in [5, 5.41) is 6.43. The highest BCUT2D eigenvalue weighted by Crippen LogP contribution is 2.16. The van der Waals surface area contributed by atoms with Gasteiger partial charge in [-0.2, -0.15) is 0 Å². The third-order valence-electron chi connectivity index (χ3n) is 4.30. The van der Waals surface area contributed by atoms with Crippen LogP contribution in [0.2, 0.25) is 5.02 Å². The minimum atomic E-state index is -0.142. The van der Waals surface area contributed by atoms with Crippen LogP contribution in [-0.2, 0) is 16.0 Å². The molecule has 1 unspecified atom stereocenters. The molecule has 0 fully saturated rings. The molecule has 6 nitrogen and oxygen atoms in total. The number of hydrogen-bond donors (Lipinski definition) is 3. The summed E-state index contributed by atoms with van der Waals surface area (Å²) in [5.41, 5.74) is 1.75. The van der Waals surface area contributed by atoms with E-state index in [2.05, 4.69) is 10.6 Å². The van der Waals surface area contributed by atoms with E-state index in [-0.39, 0.29) is 24.9 Å². The molecule has 0 spiro atoms. The summed E-state index contributed by atoms with van der Waals surface area (Å²) in [5.74, 6) is 0.460. The number of halogens is 1. The van der Waals surface area contributed by atoms with Crippen LogP contribution in [-0.4, -0.2) is 45.1 Å². The molecule has 0 radical (unpaired) electrons. The number of hydrogen-bond acceptors (Lipinski definition) is 3. The molecule has 0 heterocycles. The highest BCUT2D eigenvalue weighted by molar-refractivity contribution is 6.30. The molecule has 0 bridgehead atoms. The van der Waals surface area contributed by atoms with Gasteiger partial charge in [-0.25, -0.2) is 0 Å². The van der Waals surface area contributed by atoms with E-state index in [1.54, 1.807) is 19.2 Å². The summed E-state index contributed by atoms with van der Waals surface area (Å²) in [6.07, 6.45) is 0.712. The number of nitrogens with one attached hydrogen (secondary N) is 3. The zero-order valence-corrected chi connectivity index (χ0v) is 17.0. The highest BCUT2D eigenvalue weighted by atomic mass is 35.5. The Morgan fingerprint density at radius 2 is 1.82 bits per heavy atom. The molecular formula is C21H27ClN3O3+. The summed E-state index contributed by atoms with van der Waals surface area (Å²) < 4.78 is 5.15. The quantitative estimate of drug-likeness (QED) is 0.562. The molecule has 0 saturated carbocycles. The Morgan fingerprint density at radius 1 is 1.07 bits per heavy atom. The highest BCUT2D eigenvalue weighted by Gasteiger charge is 2.16. The van der Waals surface area contributed by atoms with E-state index in [0.29, 0.717) is 36.0 Å². The van der Waals surface area contributed by atoms with E-state index in [4.69, 9.17) is 16.3 Å². The number of amides is 2. The number of rotatable bonds is 10. The Balaban J connectivity index is 1.75. The third kappa shape index (κ3) is 7.58. The van der Waals surface area contributed by atoms with Crippen LogP contribution in [0.25, 0.3) is 0 Å². The van der Waals surface area contributed by atoms with Gasteiger partial charge in [-0.3, -0.25) is 9.59 Å². The molecule has 0 aliphatic heterocycles. The molecule has 0 saturated heterocycles. The van der Waals surface area contributed by atoms with Crippen molar-refractivity contribution in [3.63, 3.8) is 0 Å². The number of likely N-dealkylation sites (N-methyl/N-ethyl adjacent to an activating group) is 1. The Bertz CT molecular complexity index is 798. The maximum absolute atomic E-state index is 12.3. The van der Waals surface area contributed by atoms with Gasteiger partial charge >= 0.3 is 0 Å². The van der Waals surface area contributed by atoms with E-state index in [9.17, 15) is 9.59 Å². The van der Waals surface area contributed by atoms with E-state index >= 15 is 0 Å². The van der Waals surface area contributed by atoms with Crippen molar-refractivity contribution in [1.82, 2.24) is 5.32 Å². The second-order valence-corrected chi connectivity index (χ2v) is 6.90. The summed E-state index contributed by atoms with van der Waals surface area (Å²) in [6.45, 7) is 3.62. The van der Waals surface area contributed by atoms with Gasteiger partial charge in [-0.05, 0) is 43.2 Å². The van der Waals surface area contributed by atoms with Gasteiger partial charge in [-0.15, -0.1) is 0 Å². The number of ether oxygens (including phenoxy) is 1. The van der Waals surface area contributed by atoms with Crippen molar-refractivity contribution in [2.75, 3.05) is 38.6 Å². The molecule has 2 aromatic carbocycles. The molecule has 28 heavy (non-hydrogen) atoms. The smallest absolute Gasteiger partial charge is 0.279 e. The summed E-state index contributed by atoms with van der Waals surface area (Å²) >= 11 is 5.96. The Hall–Kier alpha value is -2.57. The van der Waals surface area contributed by atoms with E-state index in [1.807, 2.05) is 43.3 Å². The lowest BCUT2D eigenvalue weighted by Gasteiger charge is -2.17. The number of carbonyl (C=O) groups excluding carboxylic acids is 2. The van der Waals surface area contributed by atoms with Crippen LogP contribution in [0, 0.1) is 0 Å². The standard InChI is InChI=1S/C21H26ClN3O3/c1-3-25(15-21(27)24-18-8-5-9-19(13-18)28-2)14-20(26)23-11-10-16-6-4-7-17(22)12-16/h4-9,12-13H,3,10-11,14-15H2,1-2H3,(H,23,26)(H,24,27)/p+1. The van der Waals surface area contributed by atoms with Gasteiger partial charge in [0.05, 0.1) is 13.7 Å². The molecule has 0 aliphatic rings. The van der Waals surface area contributed by atoms with Crippen LogP contribution >= 0.6 is 11.6 Å². The summed E-state index contributed by atoms with van der Waals surface area (Å²) in [6, 6.07) is 14.8. The first-order chi connectivity index (χ1) is 13.5. The number of quaternary nitrogens is 1. The maximum atomic E-state index is 12.3. The van der Waals surface area contributed by atoms with Gasteiger partial charge in [-0.1, -0.05) is 29.8 Å². The van der Waals surface area contributed by atoms with Crippen molar-refractivity contribution in [3.8, 4) is 5.75 Å². The second-order valence-electron chi connectivity index (χ2n) is 6.47. The zero-order chi connectivity index (χ0) is 20.4. The Morgan fingerprint density at radius 3 is 2.54 bits per heavy atom. The lowest BCUT2D eigenvalue weighted by Crippen LogP contribution is -3.14. The molecule has 2 rings (SSSR count). The number of carbonyl (C=O) groups is 2. The molecule has 1 atom stereocenters. The van der Waals surface area contributed by atoms with Crippen LogP contribution in [0.3, 0.4) is 0 Å². The third-order valence-corrected chi connectivity index (χ3v) is 4.53. The lowest BCUT2D eigenvalue weighted by atomic mass is 10.1. The molecule has 3 N–H and O–H groups in total. The fourth-order valence-corrected chi connectivity index (χ4v) is 2.99. The summed E-state index contributed by atoms with van der Waals surface area (Å²) in [4.78, 5) is 25.4.